The molecule has 0 aliphatic carbocycles. The van der Waals surface area contributed by atoms with Crippen molar-refractivity contribution in [2.75, 3.05) is 18.5 Å². The first kappa shape index (κ1) is 14.4. The molecule has 3 rings (SSSR count). The summed E-state index contributed by atoms with van der Waals surface area (Å²) in [5.41, 5.74) is 4.17. The average molecular weight is 305 g/mol. The Bertz CT molecular complexity index is 672. The molecule has 0 fully saturated rings. The Kier molecular flexibility index (Phi) is 3.87. The summed E-state index contributed by atoms with van der Waals surface area (Å²) in [6.45, 7) is 2.92. The summed E-state index contributed by atoms with van der Waals surface area (Å²) >= 11 is 6.45. The van der Waals surface area contributed by atoms with Gasteiger partial charge in [-0.3, -0.25) is 0 Å². The number of halogens is 2. The fourth-order valence-corrected chi connectivity index (χ4v) is 3.07. The quantitative estimate of drug-likeness (QED) is 0.901. The van der Waals surface area contributed by atoms with Crippen molar-refractivity contribution in [2.45, 2.75) is 19.4 Å². The fraction of sp³-hybridized carbons (Fsp3) is 0.294. The lowest BCUT2D eigenvalue weighted by atomic mass is 10.1. The number of hydrogen-bond donors (Lipinski definition) is 1. The maximum Gasteiger partial charge on any atom is 0.125 e. The smallest absolute Gasteiger partial charge is 0.125 e. The lowest BCUT2D eigenvalue weighted by molar-refractivity contribution is 0.628. The monoisotopic (exact) mass is 304 g/mol. The zero-order chi connectivity index (χ0) is 15.0. The van der Waals surface area contributed by atoms with Crippen LogP contribution in [0, 0.1) is 5.82 Å². The van der Waals surface area contributed by atoms with E-state index in [0.29, 0.717) is 5.02 Å². The van der Waals surface area contributed by atoms with Crippen LogP contribution in [-0.4, -0.2) is 13.6 Å². The highest BCUT2D eigenvalue weighted by Gasteiger charge is 2.23. The highest BCUT2D eigenvalue weighted by Crippen LogP contribution is 2.39. The van der Waals surface area contributed by atoms with E-state index >= 15 is 0 Å². The number of fused-ring (bicyclic) bond motifs is 1. The third kappa shape index (κ3) is 2.63. The Hall–Kier alpha value is -1.58. The number of rotatable bonds is 3. The molecule has 0 spiro atoms. The molecule has 1 aliphatic heterocycles. The molecule has 21 heavy (non-hydrogen) atoms. The predicted octanol–water partition coefficient (Wildman–Crippen LogP) is 4.45. The van der Waals surface area contributed by atoms with Crippen molar-refractivity contribution in [3.05, 3.63) is 58.4 Å². The van der Waals surface area contributed by atoms with E-state index in [9.17, 15) is 4.39 Å². The number of nitrogens with zero attached hydrogens (tertiary/aromatic N) is 1. The second kappa shape index (κ2) is 5.66. The van der Waals surface area contributed by atoms with Crippen molar-refractivity contribution < 1.29 is 4.39 Å². The van der Waals surface area contributed by atoms with E-state index in [1.54, 1.807) is 6.07 Å². The molecule has 0 aromatic heterocycles. The van der Waals surface area contributed by atoms with Gasteiger partial charge in [-0.15, -0.1) is 0 Å². The van der Waals surface area contributed by atoms with E-state index in [4.69, 9.17) is 11.6 Å². The summed E-state index contributed by atoms with van der Waals surface area (Å²) < 4.78 is 13.5. The molecular weight excluding hydrogens is 287 g/mol. The summed E-state index contributed by atoms with van der Waals surface area (Å²) in [4.78, 5) is 2.09. The second-order valence-corrected chi connectivity index (χ2v) is 5.80. The first-order chi connectivity index (χ1) is 10.1. The van der Waals surface area contributed by atoms with Gasteiger partial charge < -0.3 is 10.2 Å². The van der Waals surface area contributed by atoms with Crippen LogP contribution in [0.25, 0.3) is 0 Å². The van der Waals surface area contributed by atoms with Crippen molar-refractivity contribution in [3.63, 3.8) is 0 Å². The van der Waals surface area contributed by atoms with Crippen molar-refractivity contribution in [1.29, 1.82) is 0 Å². The molecule has 2 nitrogen and oxygen atoms in total. The summed E-state index contributed by atoms with van der Waals surface area (Å²) in [6, 6.07) is 11.3. The maximum atomic E-state index is 13.5. The predicted molar refractivity (Wildman–Crippen MR) is 86.0 cm³/mol. The molecule has 1 aliphatic rings. The molecule has 0 saturated carbocycles. The molecule has 2 aromatic carbocycles. The number of hydrogen-bond acceptors (Lipinski definition) is 2. The lowest BCUT2D eigenvalue weighted by Crippen LogP contribution is -2.15. The molecule has 0 amide bonds. The van der Waals surface area contributed by atoms with Crippen LogP contribution < -0.4 is 10.2 Å². The zero-order valence-corrected chi connectivity index (χ0v) is 12.9. The molecule has 1 N–H and O–H groups in total. The van der Waals surface area contributed by atoms with Gasteiger partial charge in [0.15, 0.2) is 0 Å². The van der Waals surface area contributed by atoms with Crippen LogP contribution in [0.3, 0.4) is 0 Å². The van der Waals surface area contributed by atoms with Gasteiger partial charge in [0.25, 0.3) is 0 Å². The van der Waals surface area contributed by atoms with Crippen molar-refractivity contribution in [3.8, 4) is 0 Å². The Morgan fingerprint density at radius 3 is 2.71 bits per heavy atom. The molecule has 1 unspecified atom stereocenters. The zero-order valence-electron chi connectivity index (χ0n) is 12.2. The van der Waals surface area contributed by atoms with Crippen LogP contribution >= 0.6 is 11.6 Å². The highest BCUT2D eigenvalue weighted by molar-refractivity contribution is 6.33. The third-order valence-electron chi connectivity index (χ3n) is 4.14. The van der Waals surface area contributed by atoms with Gasteiger partial charge in [-0.2, -0.15) is 0 Å². The van der Waals surface area contributed by atoms with Crippen molar-refractivity contribution >= 4 is 23.0 Å². The average Bonchev–Trinajstić information content (AvgIpc) is 2.89. The van der Waals surface area contributed by atoms with E-state index in [0.717, 1.165) is 29.9 Å². The Morgan fingerprint density at radius 1 is 1.19 bits per heavy atom. The van der Waals surface area contributed by atoms with Gasteiger partial charge >= 0.3 is 0 Å². The standard InChI is InChI=1S/C17H18ClFN2/c1-11(20-2)13-4-6-16(15(18)9-13)21-8-7-12-3-5-14(19)10-17(12)21/h3-6,9-11,20H,7-8H2,1-2H3. The molecule has 110 valence electrons. The topological polar surface area (TPSA) is 15.3 Å². The minimum absolute atomic E-state index is 0.211. The Labute approximate surface area is 129 Å². The van der Waals surface area contributed by atoms with Crippen LogP contribution in [-0.2, 0) is 6.42 Å². The van der Waals surface area contributed by atoms with E-state index in [1.807, 2.05) is 25.2 Å². The van der Waals surface area contributed by atoms with Gasteiger partial charge in [0.1, 0.15) is 5.82 Å². The van der Waals surface area contributed by atoms with Gasteiger partial charge in [0, 0.05) is 18.3 Å². The second-order valence-electron chi connectivity index (χ2n) is 5.40. The van der Waals surface area contributed by atoms with E-state index in [1.165, 1.54) is 11.6 Å². The number of benzene rings is 2. The molecule has 2 aromatic rings. The van der Waals surface area contributed by atoms with E-state index in [-0.39, 0.29) is 11.9 Å². The molecule has 1 atom stereocenters. The van der Waals surface area contributed by atoms with Crippen LogP contribution in [0.4, 0.5) is 15.8 Å². The largest absolute Gasteiger partial charge is 0.340 e. The van der Waals surface area contributed by atoms with Gasteiger partial charge in [-0.05, 0) is 55.8 Å². The summed E-state index contributed by atoms with van der Waals surface area (Å²) in [7, 11) is 1.92. The maximum absolute atomic E-state index is 13.5. The van der Waals surface area contributed by atoms with Gasteiger partial charge in [0.05, 0.1) is 10.7 Å². The summed E-state index contributed by atoms with van der Waals surface area (Å²) in [6.07, 6.45) is 0.917. The highest BCUT2D eigenvalue weighted by atomic mass is 35.5. The van der Waals surface area contributed by atoms with Crippen LogP contribution in [0.5, 0.6) is 0 Å². The SMILES string of the molecule is CNC(C)c1ccc(N2CCc3ccc(F)cc32)c(Cl)c1. The third-order valence-corrected chi connectivity index (χ3v) is 4.44. The van der Waals surface area contributed by atoms with Gasteiger partial charge in [0.2, 0.25) is 0 Å². The van der Waals surface area contributed by atoms with Gasteiger partial charge in [-0.25, -0.2) is 4.39 Å². The molecular formula is C17H18ClFN2. The first-order valence-electron chi connectivity index (χ1n) is 7.13. The van der Waals surface area contributed by atoms with Crippen molar-refractivity contribution in [2.24, 2.45) is 0 Å². The summed E-state index contributed by atoms with van der Waals surface area (Å²) in [5.74, 6) is -0.211. The fourth-order valence-electron chi connectivity index (χ4n) is 2.78. The summed E-state index contributed by atoms with van der Waals surface area (Å²) in [5, 5.41) is 3.90. The number of nitrogens with one attached hydrogen (secondary N) is 1. The van der Waals surface area contributed by atoms with Gasteiger partial charge in [-0.1, -0.05) is 23.7 Å². The van der Waals surface area contributed by atoms with Crippen LogP contribution in [0.2, 0.25) is 5.02 Å². The molecule has 0 saturated heterocycles. The normalized spacial score (nSPS) is 15.1. The molecule has 1 heterocycles. The van der Waals surface area contributed by atoms with E-state index < -0.39 is 0 Å². The minimum Gasteiger partial charge on any atom is -0.340 e. The molecule has 0 bridgehead atoms. The Morgan fingerprint density at radius 2 is 2.00 bits per heavy atom. The molecule has 0 radical (unpaired) electrons. The Balaban J connectivity index is 1.98. The van der Waals surface area contributed by atoms with Crippen LogP contribution in [0.1, 0.15) is 24.1 Å². The van der Waals surface area contributed by atoms with E-state index in [2.05, 4.69) is 23.2 Å². The van der Waals surface area contributed by atoms with Crippen molar-refractivity contribution in [1.82, 2.24) is 5.32 Å². The lowest BCUT2D eigenvalue weighted by Gasteiger charge is -2.22. The number of anilines is 2. The first-order valence-corrected chi connectivity index (χ1v) is 7.50. The molecule has 4 heteroatoms. The minimum atomic E-state index is -0.211. The van der Waals surface area contributed by atoms with Crippen LogP contribution in [0.15, 0.2) is 36.4 Å².